The summed E-state index contributed by atoms with van der Waals surface area (Å²) in [6.45, 7) is 5.20. The largest absolute Gasteiger partial charge is 0.466 e. The van der Waals surface area contributed by atoms with Crippen molar-refractivity contribution in [1.29, 1.82) is 0 Å². The molecule has 0 aliphatic carbocycles. The van der Waals surface area contributed by atoms with Crippen molar-refractivity contribution in [2.75, 3.05) is 6.61 Å². The van der Waals surface area contributed by atoms with Gasteiger partial charge in [0.2, 0.25) is 0 Å². The van der Waals surface area contributed by atoms with Crippen molar-refractivity contribution in [2.45, 2.75) is 232 Å². The molecule has 0 spiro atoms. The molecule has 0 aliphatic heterocycles. The summed E-state index contributed by atoms with van der Waals surface area (Å²) in [5.74, 6) is 0.0189. The Balaban J connectivity index is 3.17. The van der Waals surface area contributed by atoms with Crippen molar-refractivity contribution < 1.29 is 9.53 Å². The van der Waals surface area contributed by atoms with Crippen LogP contribution in [0, 0.1) is 0 Å². The van der Waals surface area contributed by atoms with Gasteiger partial charge >= 0.3 is 5.97 Å². The predicted molar refractivity (Wildman–Crippen MR) is 188 cm³/mol. The molecule has 0 unspecified atom stereocenters. The van der Waals surface area contributed by atoms with Gasteiger partial charge in [-0.25, -0.2) is 0 Å². The van der Waals surface area contributed by atoms with Gasteiger partial charge in [-0.15, -0.1) is 0 Å². The van der Waals surface area contributed by atoms with Gasteiger partial charge < -0.3 is 4.74 Å². The molecule has 0 aliphatic rings. The Morgan fingerprint density at radius 2 is 0.667 bits per heavy atom. The lowest BCUT2D eigenvalue weighted by atomic mass is 10.0. The summed E-state index contributed by atoms with van der Waals surface area (Å²) in [4.78, 5) is 11.9. The smallest absolute Gasteiger partial charge is 0.305 e. The van der Waals surface area contributed by atoms with E-state index in [2.05, 4.69) is 26.0 Å². The highest BCUT2D eigenvalue weighted by atomic mass is 16.5. The molecule has 0 N–H and O–H groups in total. The molecule has 0 amide bonds. The molecule has 0 aromatic heterocycles. The fraction of sp³-hybridized carbons (Fsp3) is 0.925. The first-order chi connectivity index (χ1) is 20.8. The number of hydrogen-bond donors (Lipinski definition) is 0. The van der Waals surface area contributed by atoms with Gasteiger partial charge in [0.05, 0.1) is 6.61 Å². The minimum atomic E-state index is 0.0189. The number of esters is 1. The fourth-order valence-corrected chi connectivity index (χ4v) is 5.96. The van der Waals surface area contributed by atoms with Gasteiger partial charge in [-0.2, -0.15) is 0 Å². The third kappa shape index (κ3) is 37.2. The molecule has 0 atom stereocenters. The Morgan fingerprint density at radius 3 is 1.02 bits per heavy atom. The minimum absolute atomic E-state index is 0.0189. The number of allylic oxidation sites excluding steroid dienone is 2. The highest BCUT2D eigenvalue weighted by Crippen LogP contribution is 2.15. The topological polar surface area (TPSA) is 26.3 Å². The van der Waals surface area contributed by atoms with Gasteiger partial charge in [0.15, 0.2) is 0 Å². The van der Waals surface area contributed by atoms with E-state index in [1.165, 1.54) is 193 Å². The normalized spacial score (nSPS) is 11.6. The van der Waals surface area contributed by atoms with Crippen LogP contribution in [-0.4, -0.2) is 12.6 Å². The molecular weight excluding hydrogens is 512 g/mol. The van der Waals surface area contributed by atoms with Crippen molar-refractivity contribution in [1.82, 2.24) is 0 Å². The quantitative estimate of drug-likeness (QED) is 0.0412. The van der Waals surface area contributed by atoms with E-state index in [1.807, 2.05) is 0 Å². The minimum Gasteiger partial charge on any atom is -0.466 e. The Morgan fingerprint density at radius 1 is 0.381 bits per heavy atom. The van der Waals surface area contributed by atoms with Gasteiger partial charge in [0.25, 0.3) is 0 Å². The lowest BCUT2D eigenvalue weighted by molar-refractivity contribution is -0.143. The van der Waals surface area contributed by atoms with Crippen LogP contribution in [0.4, 0.5) is 0 Å². The molecule has 0 saturated carbocycles. The molecule has 0 aromatic carbocycles. The molecular formula is C40H78O2. The molecule has 2 heteroatoms. The maximum atomic E-state index is 11.9. The Kier molecular flexibility index (Phi) is 37.5. The van der Waals surface area contributed by atoms with Crippen molar-refractivity contribution in [2.24, 2.45) is 0 Å². The Hall–Kier alpha value is -0.790. The fourth-order valence-electron chi connectivity index (χ4n) is 5.96. The van der Waals surface area contributed by atoms with Crippen molar-refractivity contribution in [3.05, 3.63) is 12.2 Å². The Bertz CT molecular complexity index is 526. The monoisotopic (exact) mass is 591 g/mol. The second kappa shape index (κ2) is 38.2. The first-order valence-electron chi connectivity index (χ1n) is 19.6. The standard InChI is InChI=1S/C40H78O2/c1-3-5-7-9-11-13-15-17-19-20-21-22-23-25-27-29-31-33-35-37-39-42-40(41)38-36-34-32-30-28-26-24-18-16-14-12-10-8-6-4-2/h18,24H,3-17,19-23,25-39H2,1-2H3. The van der Waals surface area contributed by atoms with Gasteiger partial charge in [-0.1, -0.05) is 199 Å². The molecule has 42 heavy (non-hydrogen) atoms. The van der Waals surface area contributed by atoms with Gasteiger partial charge in [-0.3, -0.25) is 4.79 Å². The number of ether oxygens (including phenoxy) is 1. The zero-order valence-electron chi connectivity index (χ0n) is 29.2. The summed E-state index contributed by atoms with van der Waals surface area (Å²) in [5, 5.41) is 0. The average Bonchev–Trinajstić information content (AvgIpc) is 3.00. The van der Waals surface area contributed by atoms with E-state index in [-0.39, 0.29) is 5.97 Å². The number of carbonyl (C=O) groups excluding carboxylic acids is 1. The lowest BCUT2D eigenvalue weighted by Crippen LogP contribution is -2.05. The number of rotatable bonds is 36. The molecule has 0 aromatic rings. The molecule has 0 rings (SSSR count). The summed E-state index contributed by atoms with van der Waals surface area (Å²) < 4.78 is 5.45. The molecule has 0 saturated heterocycles. The maximum Gasteiger partial charge on any atom is 0.305 e. The van der Waals surface area contributed by atoms with E-state index in [1.54, 1.807) is 0 Å². The molecule has 0 fully saturated rings. The lowest BCUT2D eigenvalue weighted by Gasteiger charge is -2.06. The number of hydrogen-bond acceptors (Lipinski definition) is 2. The maximum absolute atomic E-state index is 11.9. The van der Waals surface area contributed by atoms with Crippen LogP contribution in [0.1, 0.15) is 232 Å². The van der Waals surface area contributed by atoms with Crippen LogP contribution in [0.15, 0.2) is 12.2 Å². The highest BCUT2D eigenvalue weighted by molar-refractivity contribution is 5.69. The third-order valence-corrected chi connectivity index (χ3v) is 8.90. The van der Waals surface area contributed by atoms with Crippen LogP contribution >= 0.6 is 0 Å². The van der Waals surface area contributed by atoms with Crippen molar-refractivity contribution in [3.63, 3.8) is 0 Å². The number of carbonyl (C=O) groups is 1. The zero-order chi connectivity index (χ0) is 30.4. The summed E-state index contributed by atoms with van der Waals surface area (Å²) in [6.07, 6.45) is 50.0. The summed E-state index contributed by atoms with van der Waals surface area (Å²) in [7, 11) is 0. The SMILES string of the molecule is CCCCCCCCC=CCCCCCCCC(=O)OCCCCCCCCCCCCCCCCCCCCCC. The van der Waals surface area contributed by atoms with Gasteiger partial charge in [-0.05, 0) is 38.5 Å². The van der Waals surface area contributed by atoms with E-state index in [0.717, 1.165) is 19.3 Å². The summed E-state index contributed by atoms with van der Waals surface area (Å²) >= 11 is 0. The molecule has 0 heterocycles. The third-order valence-electron chi connectivity index (χ3n) is 8.90. The second-order valence-electron chi connectivity index (χ2n) is 13.3. The Labute approximate surface area is 266 Å². The van der Waals surface area contributed by atoms with Crippen LogP contribution in [0.25, 0.3) is 0 Å². The van der Waals surface area contributed by atoms with E-state index in [4.69, 9.17) is 4.74 Å². The van der Waals surface area contributed by atoms with Crippen molar-refractivity contribution >= 4 is 5.97 Å². The van der Waals surface area contributed by atoms with E-state index in [0.29, 0.717) is 13.0 Å². The first-order valence-corrected chi connectivity index (χ1v) is 19.6. The van der Waals surface area contributed by atoms with Crippen LogP contribution in [0.2, 0.25) is 0 Å². The summed E-state index contributed by atoms with van der Waals surface area (Å²) in [6, 6.07) is 0. The van der Waals surface area contributed by atoms with Crippen molar-refractivity contribution in [3.8, 4) is 0 Å². The average molecular weight is 591 g/mol. The molecule has 0 radical (unpaired) electrons. The second-order valence-corrected chi connectivity index (χ2v) is 13.3. The van der Waals surface area contributed by atoms with Crippen LogP contribution in [0.5, 0.6) is 0 Å². The van der Waals surface area contributed by atoms with Gasteiger partial charge in [0, 0.05) is 6.42 Å². The van der Waals surface area contributed by atoms with Crippen LogP contribution < -0.4 is 0 Å². The van der Waals surface area contributed by atoms with E-state index < -0.39 is 0 Å². The zero-order valence-corrected chi connectivity index (χ0v) is 29.2. The first kappa shape index (κ1) is 41.2. The molecule has 250 valence electrons. The van der Waals surface area contributed by atoms with Crippen LogP contribution in [0.3, 0.4) is 0 Å². The van der Waals surface area contributed by atoms with Gasteiger partial charge in [0.1, 0.15) is 0 Å². The summed E-state index contributed by atoms with van der Waals surface area (Å²) in [5.41, 5.74) is 0. The van der Waals surface area contributed by atoms with Crippen LogP contribution in [-0.2, 0) is 9.53 Å². The molecule has 2 nitrogen and oxygen atoms in total. The predicted octanol–water partition coefficient (Wildman–Crippen LogP) is 14.4. The van der Waals surface area contributed by atoms with E-state index in [9.17, 15) is 4.79 Å². The number of unbranched alkanes of at least 4 members (excludes halogenated alkanes) is 30. The van der Waals surface area contributed by atoms with E-state index >= 15 is 0 Å². The molecule has 0 bridgehead atoms. The highest BCUT2D eigenvalue weighted by Gasteiger charge is 2.02.